The van der Waals surface area contributed by atoms with E-state index in [-0.39, 0.29) is 18.4 Å². The minimum Gasteiger partial charge on any atom is -0.348 e. The highest BCUT2D eigenvalue weighted by molar-refractivity contribution is 7.99. The van der Waals surface area contributed by atoms with Gasteiger partial charge in [0.25, 0.3) is 0 Å². The van der Waals surface area contributed by atoms with E-state index in [1.807, 2.05) is 18.2 Å². The predicted molar refractivity (Wildman–Crippen MR) is 79.1 cm³/mol. The lowest BCUT2D eigenvalue weighted by Gasteiger charge is -2.27. The van der Waals surface area contributed by atoms with E-state index in [0.29, 0.717) is 5.02 Å². The van der Waals surface area contributed by atoms with Crippen molar-refractivity contribution in [2.75, 3.05) is 5.75 Å². The average Bonchev–Trinajstić information content (AvgIpc) is 2.39. The Morgan fingerprint density at radius 3 is 3.21 bits per heavy atom. The van der Waals surface area contributed by atoms with Crippen LogP contribution in [0.3, 0.4) is 0 Å². The minimum atomic E-state index is -0.651. The molecule has 2 unspecified atom stereocenters. The number of nitrogens with one attached hydrogen (secondary N) is 1. The van der Waals surface area contributed by atoms with Crippen LogP contribution >= 0.6 is 23.4 Å². The molecule has 1 amide bonds. The highest BCUT2D eigenvalue weighted by atomic mass is 35.5. The Morgan fingerprint density at radius 2 is 2.47 bits per heavy atom. The van der Waals surface area contributed by atoms with Crippen molar-refractivity contribution in [1.82, 2.24) is 5.32 Å². The van der Waals surface area contributed by atoms with Gasteiger partial charge in [-0.15, -0.1) is 24.1 Å². The third-order valence-electron chi connectivity index (χ3n) is 3.00. The van der Waals surface area contributed by atoms with E-state index in [0.717, 1.165) is 22.6 Å². The molecule has 1 heterocycles. The van der Waals surface area contributed by atoms with Gasteiger partial charge in [-0.05, 0) is 30.2 Å². The molecular weight excluding hydrogens is 280 g/mol. The number of hydrogen-bond donors (Lipinski definition) is 2. The Hall–Kier alpha value is -1.15. The molecule has 5 heteroatoms. The molecule has 0 aromatic heterocycles. The predicted octanol–water partition coefficient (Wildman–Crippen LogP) is 2.34. The molecule has 0 spiro atoms. The summed E-state index contributed by atoms with van der Waals surface area (Å²) in [6, 6.07) is 5.07. The molecule has 1 aliphatic heterocycles. The van der Waals surface area contributed by atoms with Crippen LogP contribution < -0.4 is 11.1 Å². The first-order chi connectivity index (χ1) is 9.11. The Morgan fingerprint density at radius 1 is 1.68 bits per heavy atom. The van der Waals surface area contributed by atoms with E-state index >= 15 is 0 Å². The monoisotopic (exact) mass is 294 g/mol. The van der Waals surface area contributed by atoms with Crippen LogP contribution in [-0.4, -0.2) is 17.7 Å². The third-order valence-corrected chi connectivity index (χ3v) is 4.36. The molecule has 0 bridgehead atoms. The van der Waals surface area contributed by atoms with Gasteiger partial charge < -0.3 is 11.1 Å². The van der Waals surface area contributed by atoms with E-state index in [1.54, 1.807) is 11.8 Å². The minimum absolute atomic E-state index is 0.0359. The molecule has 0 fully saturated rings. The summed E-state index contributed by atoms with van der Waals surface area (Å²) < 4.78 is 0. The molecule has 2 atom stereocenters. The van der Waals surface area contributed by atoms with Crippen molar-refractivity contribution in [3.8, 4) is 12.3 Å². The maximum Gasteiger partial charge on any atom is 0.238 e. The number of halogens is 1. The van der Waals surface area contributed by atoms with Crippen LogP contribution in [0.5, 0.6) is 0 Å². The van der Waals surface area contributed by atoms with Crippen molar-refractivity contribution >= 4 is 29.3 Å². The van der Waals surface area contributed by atoms with Gasteiger partial charge in [-0.2, -0.15) is 0 Å². The zero-order valence-electron chi connectivity index (χ0n) is 10.4. The van der Waals surface area contributed by atoms with Gasteiger partial charge in [0, 0.05) is 22.1 Å². The summed E-state index contributed by atoms with van der Waals surface area (Å²) in [6.07, 6.45) is 6.28. The van der Waals surface area contributed by atoms with Gasteiger partial charge in [-0.3, -0.25) is 4.79 Å². The van der Waals surface area contributed by atoms with Crippen molar-refractivity contribution in [3.63, 3.8) is 0 Å². The normalized spacial score (nSPS) is 19.1. The van der Waals surface area contributed by atoms with Crippen LogP contribution in [0.25, 0.3) is 0 Å². The molecule has 19 heavy (non-hydrogen) atoms. The summed E-state index contributed by atoms with van der Waals surface area (Å²) in [5, 5.41) is 3.63. The van der Waals surface area contributed by atoms with Crippen LogP contribution in [-0.2, 0) is 4.79 Å². The molecule has 1 aromatic carbocycles. The largest absolute Gasteiger partial charge is 0.348 e. The second kappa shape index (κ2) is 6.33. The fraction of sp³-hybridized carbons (Fsp3) is 0.357. The van der Waals surface area contributed by atoms with Crippen LogP contribution in [0, 0.1) is 12.3 Å². The second-order valence-corrected chi connectivity index (χ2v) is 5.97. The lowest BCUT2D eigenvalue weighted by Crippen LogP contribution is -2.42. The van der Waals surface area contributed by atoms with E-state index in [2.05, 4.69) is 11.2 Å². The topological polar surface area (TPSA) is 55.1 Å². The van der Waals surface area contributed by atoms with Crippen molar-refractivity contribution in [1.29, 1.82) is 0 Å². The quantitative estimate of drug-likeness (QED) is 0.842. The van der Waals surface area contributed by atoms with Crippen LogP contribution in [0.1, 0.15) is 24.4 Å². The number of rotatable bonds is 3. The van der Waals surface area contributed by atoms with Crippen molar-refractivity contribution in [3.05, 3.63) is 28.8 Å². The average molecular weight is 295 g/mol. The maximum atomic E-state index is 11.9. The first-order valence-electron chi connectivity index (χ1n) is 6.03. The number of thioether (sulfide) groups is 1. The Kier molecular flexibility index (Phi) is 4.76. The molecule has 1 aromatic rings. The van der Waals surface area contributed by atoms with Crippen LogP contribution in [0.2, 0.25) is 5.02 Å². The van der Waals surface area contributed by atoms with Gasteiger partial charge in [0.1, 0.15) is 0 Å². The van der Waals surface area contributed by atoms with Gasteiger partial charge in [-0.1, -0.05) is 11.6 Å². The molecule has 2 rings (SSSR count). The number of hydrogen-bond acceptors (Lipinski definition) is 3. The van der Waals surface area contributed by atoms with Gasteiger partial charge in [0.05, 0.1) is 12.1 Å². The first-order valence-corrected chi connectivity index (χ1v) is 7.40. The number of fused-ring (bicyclic) bond motifs is 1. The number of benzene rings is 1. The summed E-state index contributed by atoms with van der Waals surface area (Å²) in [5.41, 5.74) is 6.77. The lowest BCUT2D eigenvalue weighted by atomic mass is 10.0. The molecule has 0 radical (unpaired) electrons. The van der Waals surface area contributed by atoms with E-state index in [1.165, 1.54) is 0 Å². The van der Waals surface area contributed by atoms with E-state index in [4.69, 9.17) is 23.8 Å². The number of terminal acetylenes is 1. The molecule has 100 valence electrons. The van der Waals surface area contributed by atoms with Crippen molar-refractivity contribution < 1.29 is 4.79 Å². The SMILES string of the molecule is C#CCC(N)C(=O)NC1CCSc2ccc(Cl)cc21. The molecular formula is C14H15ClN2OS. The summed E-state index contributed by atoms with van der Waals surface area (Å²) >= 11 is 7.79. The number of carbonyl (C=O) groups is 1. The molecule has 0 saturated carbocycles. The molecule has 0 aliphatic carbocycles. The van der Waals surface area contributed by atoms with Crippen molar-refractivity contribution in [2.45, 2.75) is 29.8 Å². The Balaban J connectivity index is 2.13. The summed E-state index contributed by atoms with van der Waals surface area (Å²) in [4.78, 5) is 13.1. The molecule has 0 saturated heterocycles. The summed E-state index contributed by atoms with van der Waals surface area (Å²) in [7, 11) is 0. The van der Waals surface area contributed by atoms with Crippen LogP contribution in [0.4, 0.5) is 0 Å². The third kappa shape index (κ3) is 3.44. The van der Waals surface area contributed by atoms with Crippen LogP contribution in [0.15, 0.2) is 23.1 Å². The van der Waals surface area contributed by atoms with Gasteiger partial charge in [-0.25, -0.2) is 0 Å². The lowest BCUT2D eigenvalue weighted by molar-refractivity contribution is -0.123. The highest BCUT2D eigenvalue weighted by Gasteiger charge is 2.24. The second-order valence-electron chi connectivity index (χ2n) is 4.40. The van der Waals surface area contributed by atoms with E-state index < -0.39 is 6.04 Å². The number of carbonyl (C=O) groups excluding carboxylic acids is 1. The highest BCUT2D eigenvalue weighted by Crippen LogP contribution is 2.37. The fourth-order valence-electron chi connectivity index (χ4n) is 2.01. The molecule has 3 N–H and O–H groups in total. The summed E-state index contributed by atoms with van der Waals surface area (Å²) in [5.74, 6) is 3.16. The molecule has 3 nitrogen and oxygen atoms in total. The van der Waals surface area contributed by atoms with Gasteiger partial charge in [0.2, 0.25) is 5.91 Å². The van der Waals surface area contributed by atoms with Gasteiger partial charge in [0.15, 0.2) is 0 Å². The smallest absolute Gasteiger partial charge is 0.238 e. The number of amides is 1. The zero-order valence-corrected chi connectivity index (χ0v) is 11.9. The summed E-state index contributed by atoms with van der Waals surface area (Å²) in [6.45, 7) is 0. The zero-order chi connectivity index (χ0) is 13.8. The maximum absolute atomic E-state index is 11.9. The first kappa shape index (κ1) is 14.3. The van der Waals surface area contributed by atoms with Gasteiger partial charge >= 0.3 is 0 Å². The molecule has 1 aliphatic rings. The fourth-order valence-corrected chi connectivity index (χ4v) is 3.30. The van der Waals surface area contributed by atoms with E-state index in [9.17, 15) is 4.79 Å². The Labute approximate surface area is 122 Å². The number of nitrogens with two attached hydrogens (primary N) is 1. The standard InChI is InChI=1S/C14H15ClN2OS/c1-2-3-11(16)14(18)17-12-6-7-19-13-5-4-9(15)8-10(12)13/h1,4-5,8,11-12H,3,6-7,16H2,(H,17,18). The van der Waals surface area contributed by atoms with Crippen molar-refractivity contribution in [2.24, 2.45) is 5.73 Å². The Bertz CT molecular complexity index is 527.